The Hall–Kier alpha value is -4.08. The third kappa shape index (κ3) is 5.84. The van der Waals surface area contributed by atoms with Crippen molar-refractivity contribution in [2.75, 3.05) is 25.0 Å². The van der Waals surface area contributed by atoms with Gasteiger partial charge >= 0.3 is 0 Å². The molecule has 1 atom stereocenters. The fraction of sp³-hybridized carbons (Fsp3) is 0.448. The fourth-order valence-electron chi connectivity index (χ4n) is 5.59. The van der Waals surface area contributed by atoms with Gasteiger partial charge < -0.3 is 10.2 Å². The summed E-state index contributed by atoms with van der Waals surface area (Å²) in [6.07, 6.45) is 7.07. The van der Waals surface area contributed by atoms with E-state index < -0.39 is 29.7 Å². The number of likely N-dealkylation sites (tertiary alicyclic amines) is 1. The first-order chi connectivity index (χ1) is 18.9. The molecule has 1 unspecified atom stereocenters. The first-order valence-corrected chi connectivity index (χ1v) is 13.7. The zero-order valence-corrected chi connectivity index (χ0v) is 21.9. The Balaban J connectivity index is 1.03. The fourth-order valence-corrected chi connectivity index (χ4v) is 5.59. The second-order valence-corrected chi connectivity index (χ2v) is 10.4. The van der Waals surface area contributed by atoms with Crippen molar-refractivity contribution in [3.05, 3.63) is 59.4 Å². The lowest BCUT2D eigenvalue weighted by Crippen LogP contribution is -2.54. The van der Waals surface area contributed by atoms with E-state index in [1.807, 2.05) is 23.2 Å². The minimum absolute atomic E-state index is 0.0900. The summed E-state index contributed by atoms with van der Waals surface area (Å²) in [4.78, 5) is 69.4. The van der Waals surface area contributed by atoms with E-state index in [2.05, 4.69) is 21.7 Å². The monoisotopic (exact) mass is 531 g/mol. The summed E-state index contributed by atoms with van der Waals surface area (Å²) in [5.41, 5.74) is 2.35. The van der Waals surface area contributed by atoms with Crippen molar-refractivity contribution in [1.82, 2.24) is 20.1 Å². The highest BCUT2D eigenvalue weighted by molar-refractivity contribution is 6.23. The number of anilines is 1. The molecular formula is C29H33N5O5. The average Bonchev–Trinajstić information content (AvgIpc) is 3.20. The molecule has 0 spiro atoms. The van der Waals surface area contributed by atoms with E-state index in [0.29, 0.717) is 24.6 Å². The number of aromatic nitrogens is 1. The molecule has 5 amide bonds. The molecule has 2 aromatic rings. The minimum atomic E-state index is -0.971. The maximum absolute atomic E-state index is 13.0. The third-order valence-electron chi connectivity index (χ3n) is 7.79. The highest BCUT2D eigenvalue weighted by Crippen LogP contribution is 2.30. The maximum Gasteiger partial charge on any atom is 0.262 e. The smallest absolute Gasteiger partial charge is 0.262 e. The number of carbonyl (C=O) groups excluding carboxylic acids is 5. The zero-order valence-electron chi connectivity index (χ0n) is 21.9. The molecule has 3 aliphatic heterocycles. The predicted octanol–water partition coefficient (Wildman–Crippen LogP) is 2.86. The third-order valence-corrected chi connectivity index (χ3v) is 7.79. The zero-order chi connectivity index (χ0) is 27.4. The molecule has 0 aliphatic carbocycles. The topological polar surface area (TPSA) is 129 Å². The summed E-state index contributed by atoms with van der Waals surface area (Å²) in [6.45, 7) is 2.23. The Morgan fingerprint density at radius 3 is 2.49 bits per heavy atom. The first kappa shape index (κ1) is 26.5. The van der Waals surface area contributed by atoms with Gasteiger partial charge in [-0.2, -0.15) is 0 Å². The molecule has 0 radical (unpaired) electrons. The Labute approximate surface area is 227 Å². The van der Waals surface area contributed by atoms with Crippen LogP contribution in [-0.4, -0.2) is 70.0 Å². The van der Waals surface area contributed by atoms with Gasteiger partial charge in [-0.25, -0.2) is 0 Å². The maximum atomic E-state index is 13.0. The number of nitrogens with one attached hydrogen (secondary N) is 2. The number of imide groups is 2. The van der Waals surface area contributed by atoms with Gasteiger partial charge in [0.15, 0.2) is 0 Å². The summed E-state index contributed by atoms with van der Waals surface area (Å²) >= 11 is 0. The van der Waals surface area contributed by atoms with Gasteiger partial charge in [-0.05, 0) is 62.4 Å². The lowest BCUT2D eigenvalue weighted by molar-refractivity contribution is -0.136. The van der Waals surface area contributed by atoms with Crippen LogP contribution in [0.5, 0.6) is 0 Å². The second-order valence-electron chi connectivity index (χ2n) is 10.4. The van der Waals surface area contributed by atoms with Crippen LogP contribution in [0.4, 0.5) is 5.69 Å². The minimum Gasteiger partial charge on any atom is -0.385 e. The Bertz CT molecular complexity index is 1270. The van der Waals surface area contributed by atoms with Crippen LogP contribution in [0.2, 0.25) is 0 Å². The second kappa shape index (κ2) is 11.8. The van der Waals surface area contributed by atoms with Crippen LogP contribution in [0.15, 0.2) is 42.6 Å². The van der Waals surface area contributed by atoms with Crippen molar-refractivity contribution < 1.29 is 24.0 Å². The number of hydrogen-bond acceptors (Lipinski definition) is 7. The summed E-state index contributed by atoms with van der Waals surface area (Å²) in [7, 11) is 0. The first-order valence-electron chi connectivity index (χ1n) is 13.7. The van der Waals surface area contributed by atoms with E-state index in [0.717, 1.165) is 55.8 Å². The van der Waals surface area contributed by atoms with Gasteiger partial charge in [0.05, 0.1) is 11.1 Å². The molecule has 2 fully saturated rings. The number of fused-ring (bicyclic) bond motifs is 1. The van der Waals surface area contributed by atoms with E-state index in [1.54, 1.807) is 18.2 Å². The molecule has 0 saturated carbocycles. The summed E-state index contributed by atoms with van der Waals surface area (Å²) < 4.78 is 0. The number of nitrogens with zero attached hydrogens (tertiary/aromatic N) is 3. The van der Waals surface area contributed by atoms with Crippen molar-refractivity contribution in [2.45, 2.75) is 63.3 Å². The Morgan fingerprint density at radius 1 is 0.949 bits per heavy atom. The number of piperidine rings is 2. The van der Waals surface area contributed by atoms with Crippen molar-refractivity contribution in [2.24, 2.45) is 0 Å². The number of unbranched alkanes of at least 4 members (excludes halogenated alkanes) is 2. The molecular weight excluding hydrogens is 498 g/mol. The SMILES string of the molecule is O=C1CCC(N2C(=O)c3ccc(NCCCCCC(=O)N4CCC(c5ccccn5)CC4)cc3C2=O)C(=O)N1. The van der Waals surface area contributed by atoms with Crippen LogP contribution < -0.4 is 10.6 Å². The van der Waals surface area contributed by atoms with Gasteiger partial charge in [0.1, 0.15) is 6.04 Å². The largest absolute Gasteiger partial charge is 0.385 e. The van der Waals surface area contributed by atoms with Gasteiger partial charge in [-0.1, -0.05) is 12.5 Å². The van der Waals surface area contributed by atoms with E-state index in [-0.39, 0.29) is 29.9 Å². The lowest BCUT2D eigenvalue weighted by atomic mass is 9.93. The van der Waals surface area contributed by atoms with Crippen LogP contribution in [0, 0.1) is 0 Å². The number of rotatable bonds is 9. The van der Waals surface area contributed by atoms with Crippen molar-refractivity contribution >= 4 is 35.2 Å². The van der Waals surface area contributed by atoms with E-state index in [1.165, 1.54) is 0 Å². The van der Waals surface area contributed by atoms with Crippen molar-refractivity contribution in [3.63, 3.8) is 0 Å². The summed E-state index contributed by atoms with van der Waals surface area (Å²) in [6, 6.07) is 10.0. The molecule has 0 bridgehead atoms. The lowest BCUT2D eigenvalue weighted by Gasteiger charge is -2.31. The van der Waals surface area contributed by atoms with E-state index >= 15 is 0 Å². The molecule has 10 nitrogen and oxygen atoms in total. The Kier molecular flexibility index (Phi) is 7.99. The number of carbonyl (C=O) groups is 5. The number of amides is 5. The molecule has 4 heterocycles. The molecule has 1 aromatic carbocycles. The standard InChI is InChI=1S/C29H33N5O5/c35-25-11-10-24(27(37)32-25)34-28(38)21-9-8-20(18-22(21)29(34)39)30-14-4-1-2-7-26(36)33-16-12-19(13-17-33)23-6-3-5-15-31-23/h3,5-6,8-9,15,18-19,24,30H,1-2,4,7,10-14,16-17H2,(H,32,35,37). The quantitative estimate of drug-likeness (QED) is 0.376. The van der Waals surface area contributed by atoms with Crippen molar-refractivity contribution in [3.8, 4) is 0 Å². The molecule has 2 N–H and O–H groups in total. The van der Waals surface area contributed by atoms with Crippen molar-refractivity contribution in [1.29, 1.82) is 0 Å². The van der Waals surface area contributed by atoms with Gasteiger partial charge in [0.25, 0.3) is 11.8 Å². The van der Waals surface area contributed by atoms with Gasteiger partial charge in [-0.3, -0.25) is 39.2 Å². The molecule has 39 heavy (non-hydrogen) atoms. The highest BCUT2D eigenvalue weighted by Gasteiger charge is 2.44. The van der Waals surface area contributed by atoms with Crippen LogP contribution >= 0.6 is 0 Å². The molecule has 204 valence electrons. The summed E-state index contributed by atoms with van der Waals surface area (Å²) in [5, 5.41) is 5.48. The number of pyridine rings is 1. The molecule has 2 saturated heterocycles. The Morgan fingerprint density at radius 2 is 1.74 bits per heavy atom. The average molecular weight is 532 g/mol. The number of benzene rings is 1. The normalized spacial score (nSPS) is 19.7. The van der Waals surface area contributed by atoms with Gasteiger partial charge in [0, 0.05) is 56.0 Å². The summed E-state index contributed by atoms with van der Waals surface area (Å²) in [5.74, 6) is -1.41. The van der Waals surface area contributed by atoms with Gasteiger partial charge in [0.2, 0.25) is 17.7 Å². The predicted molar refractivity (Wildman–Crippen MR) is 143 cm³/mol. The van der Waals surface area contributed by atoms with Crippen LogP contribution in [-0.2, 0) is 14.4 Å². The number of hydrogen-bond donors (Lipinski definition) is 2. The van der Waals surface area contributed by atoms with E-state index in [9.17, 15) is 24.0 Å². The highest BCUT2D eigenvalue weighted by atomic mass is 16.2. The van der Waals surface area contributed by atoms with Gasteiger partial charge in [-0.15, -0.1) is 0 Å². The van der Waals surface area contributed by atoms with Crippen LogP contribution in [0.3, 0.4) is 0 Å². The van der Waals surface area contributed by atoms with Crippen LogP contribution in [0.25, 0.3) is 0 Å². The molecule has 3 aliphatic rings. The molecule has 5 rings (SSSR count). The molecule has 1 aromatic heterocycles. The molecule has 10 heteroatoms. The van der Waals surface area contributed by atoms with Crippen LogP contribution in [0.1, 0.15) is 83.7 Å². The van der Waals surface area contributed by atoms with E-state index in [4.69, 9.17) is 0 Å².